The summed E-state index contributed by atoms with van der Waals surface area (Å²) in [6, 6.07) is 21.6. The van der Waals surface area contributed by atoms with Crippen LogP contribution in [0.1, 0.15) is 11.1 Å². The third kappa shape index (κ3) is 3.76. The molecule has 158 valence electrons. The van der Waals surface area contributed by atoms with Crippen LogP contribution in [0.2, 0.25) is 0 Å². The highest BCUT2D eigenvalue weighted by atomic mass is 16.5. The van der Waals surface area contributed by atoms with Crippen molar-refractivity contribution in [1.29, 1.82) is 0 Å². The van der Waals surface area contributed by atoms with Gasteiger partial charge in [0.25, 0.3) is 5.89 Å². The Bertz CT molecular complexity index is 1410. The number of fused-ring (bicyclic) bond motifs is 1. The van der Waals surface area contributed by atoms with Crippen LogP contribution in [0.3, 0.4) is 0 Å². The lowest BCUT2D eigenvalue weighted by Crippen LogP contribution is -2.01. The zero-order valence-corrected chi connectivity index (χ0v) is 18.0. The molecule has 0 aliphatic heterocycles. The Morgan fingerprint density at radius 3 is 2.38 bits per heavy atom. The molecule has 0 unspecified atom stereocenters. The summed E-state index contributed by atoms with van der Waals surface area (Å²) in [4.78, 5) is 9.37. The summed E-state index contributed by atoms with van der Waals surface area (Å²) >= 11 is 0. The molecular formula is C25H21N5O2. The number of aromatic nitrogens is 4. The number of hydrogen-bond acceptors (Lipinski definition) is 7. The SMILES string of the molecule is COc1ccc(C)cc1Nc1nc(-c2nnc(-c3ccc(C)cc3)o2)nc2ccccc12. The lowest BCUT2D eigenvalue weighted by molar-refractivity contribution is 0.416. The van der Waals surface area contributed by atoms with E-state index in [2.05, 4.69) is 20.5 Å². The molecule has 2 aromatic heterocycles. The summed E-state index contributed by atoms with van der Waals surface area (Å²) in [6.45, 7) is 4.06. The van der Waals surface area contributed by atoms with Crippen molar-refractivity contribution in [3.63, 3.8) is 0 Å². The van der Waals surface area contributed by atoms with Crippen LogP contribution >= 0.6 is 0 Å². The fourth-order valence-corrected chi connectivity index (χ4v) is 3.44. The van der Waals surface area contributed by atoms with E-state index in [1.807, 2.05) is 80.6 Å². The molecule has 3 aromatic carbocycles. The molecule has 0 spiro atoms. The van der Waals surface area contributed by atoms with Gasteiger partial charge >= 0.3 is 0 Å². The smallest absolute Gasteiger partial charge is 0.286 e. The third-order valence-corrected chi connectivity index (χ3v) is 5.13. The van der Waals surface area contributed by atoms with Crippen LogP contribution in [0.15, 0.2) is 71.1 Å². The number of rotatable bonds is 5. The first kappa shape index (κ1) is 19.7. The zero-order valence-electron chi connectivity index (χ0n) is 18.0. The Hall–Kier alpha value is -4.26. The number of ether oxygens (including phenoxy) is 1. The lowest BCUT2D eigenvalue weighted by Gasteiger charge is -2.13. The topological polar surface area (TPSA) is 86.0 Å². The van der Waals surface area contributed by atoms with Gasteiger partial charge in [0.1, 0.15) is 11.6 Å². The second-order valence-corrected chi connectivity index (χ2v) is 7.52. The molecule has 0 radical (unpaired) electrons. The standard InChI is InChI=1S/C25H21N5O2/c1-15-8-11-17(12-9-15)24-29-30-25(32-24)23-26-19-7-5-4-6-18(19)22(28-23)27-20-14-16(2)10-13-21(20)31-3/h4-14H,1-3H3,(H,26,27,28). The summed E-state index contributed by atoms with van der Waals surface area (Å²) in [5.41, 5.74) is 4.69. The molecule has 7 nitrogen and oxygen atoms in total. The predicted molar refractivity (Wildman–Crippen MR) is 124 cm³/mol. The Labute approximate surface area is 185 Å². The minimum atomic E-state index is 0.255. The van der Waals surface area contributed by atoms with E-state index in [0.29, 0.717) is 17.5 Å². The highest BCUT2D eigenvalue weighted by molar-refractivity contribution is 5.92. The van der Waals surface area contributed by atoms with Crippen molar-refractivity contribution in [2.24, 2.45) is 0 Å². The van der Waals surface area contributed by atoms with Crippen molar-refractivity contribution >= 4 is 22.4 Å². The van der Waals surface area contributed by atoms with E-state index in [1.165, 1.54) is 0 Å². The second-order valence-electron chi connectivity index (χ2n) is 7.52. The molecule has 0 amide bonds. The van der Waals surface area contributed by atoms with Gasteiger partial charge < -0.3 is 14.5 Å². The highest BCUT2D eigenvalue weighted by Gasteiger charge is 2.17. The first-order chi connectivity index (χ1) is 15.6. The molecule has 5 rings (SSSR count). The molecule has 0 aliphatic carbocycles. The van der Waals surface area contributed by atoms with Crippen molar-refractivity contribution in [2.75, 3.05) is 12.4 Å². The number of anilines is 2. The fourth-order valence-electron chi connectivity index (χ4n) is 3.44. The van der Waals surface area contributed by atoms with Crippen LogP contribution in [0.5, 0.6) is 5.75 Å². The Kier molecular flexibility index (Phi) is 4.99. The van der Waals surface area contributed by atoms with Crippen LogP contribution in [0.25, 0.3) is 34.1 Å². The third-order valence-electron chi connectivity index (χ3n) is 5.13. The molecule has 0 fully saturated rings. The van der Waals surface area contributed by atoms with Crippen molar-refractivity contribution in [2.45, 2.75) is 13.8 Å². The van der Waals surface area contributed by atoms with Gasteiger partial charge in [-0.15, -0.1) is 10.2 Å². The molecule has 0 aliphatic rings. The maximum absolute atomic E-state index is 5.91. The largest absolute Gasteiger partial charge is 0.495 e. The van der Waals surface area contributed by atoms with E-state index in [9.17, 15) is 0 Å². The molecule has 0 atom stereocenters. The van der Waals surface area contributed by atoms with Gasteiger partial charge in [0, 0.05) is 10.9 Å². The summed E-state index contributed by atoms with van der Waals surface area (Å²) in [5, 5.41) is 12.7. The van der Waals surface area contributed by atoms with Crippen LogP contribution in [-0.4, -0.2) is 27.3 Å². The fraction of sp³-hybridized carbons (Fsp3) is 0.120. The minimum absolute atomic E-state index is 0.255. The van der Waals surface area contributed by atoms with E-state index in [4.69, 9.17) is 14.1 Å². The summed E-state index contributed by atoms with van der Waals surface area (Å²) in [6.07, 6.45) is 0. The van der Waals surface area contributed by atoms with E-state index < -0.39 is 0 Å². The van der Waals surface area contributed by atoms with Crippen molar-refractivity contribution in [3.05, 3.63) is 77.9 Å². The van der Waals surface area contributed by atoms with Gasteiger partial charge in [-0.2, -0.15) is 0 Å². The van der Waals surface area contributed by atoms with Gasteiger partial charge in [-0.3, -0.25) is 0 Å². The van der Waals surface area contributed by atoms with Gasteiger partial charge in [-0.25, -0.2) is 9.97 Å². The molecule has 5 aromatic rings. The van der Waals surface area contributed by atoms with Crippen molar-refractivity contribution < 1.29 is 9.15 Å². The quantitative estimate of drug-likeness (QED) is 0.387. The van der Waals surface area contributed by atoms with E-state index in [1.54, 1.807) is 7.11 Å². The maximum Gasteiger partial charge on any atom is 0.286 e. The number of nitrogens with zero attached hydrogens (tertiary/aromatic N) is 4. The number of methoxy groups -OCH3 is 1. The summed E-state index contributed by atoms with van der Waals surface area (Å²) < 4.78 is 11.4. The monoisotopic (exact) mass is 423 g/mol. The molecule has 1 N–H and O–H groups in total. The van der Waals surface area contributed by atoms with Gasteiger partial charge in [0.05, 0.1) is 18.3 Å². The molecule has 0 bridgehead atoms. The number of hydrogen-bond donors (Lipinski definition) is 1. The summed E-state index contributed by atoms with van der Waals surface area (Å²) in [5.74, 6) is 2.38. The van der Waals surface area contributed by atoms with Crippen LogP contribution in [0.4, 0.5) is 11.5 Å². The molecule has 32 heavy (non-hydrogen) atoms. The first-order valence-electron chi connectivity index (χ1n) is 10.2. The van der Waals surface area contributed by atoms with Gasteiger partial charge in [-0.05, 0) is 55.8 Å². The molecule has 0 saturated heterocycles. The van der Waals surface area contributed by atoms with Gasteiger partial charge in [0.2, 0.25) is 11.7 Å². The Morgan fingerprint density at radius 1 is 0.812 bits per heavy atom. The predicted octanol–water partition coefficient (Wildman–Crippen LogP) is 5.72. The first-order valence-corrected chi connectivity index (χ1v) is 10.2. The molecular weight excluding hydrogens is 402 g/mol. The molecule has 2 heterocycles. The van der Waals surface area contributed by atoms with E-state index >= 15 is 0 Å². The maximum atomic E-state index is 5.91. The normalized spacial score (nSPS) is 11.0. The average Bonchev–Trinajstić information content (AvgIpc) is 3.30. The minimum Gasteiger partial charge on any atom is -0.495 e. The van der Waals surface area contributed by atoms with E-state index in [0.717, 1.165) is 39.0 Å². The van der Waals surface area contributed by atoms with E-state index in [-0.39, 0.29) is 5.89 Å². The number of nitrogens with one attached hydrogen (secondary N) is 1. The van der Waals surface area contributed by atoms with Gasteiger partial charge in [-0.1, -0.05) is 35.9 Å². The Balaban J connectivity index is 1.59. The van der Waals surface area contributed by atoms with Crippen LogP contribution in [-0.2, 0) is 0 Å². The zero-order chi connectivity index (χ0) is 22.1. The van der Waals surface area contributed by atoms with Crippen molar-refractivity contribution in [3.8, 4) is 28.9 Å². The average molecular weight is 423 g/mol. The van der Waals surface area contributed by atoms with Crippen molar-refractivity contribution in [1.82, 2.24) is 20.2 Å². The molecule has 0 saturated carbocycles. The molecule has 7 heteroatoms. The lowest BCUT2D eigenvalue weighted by atomic mass is 10.1. The second kappa shape index (κ2) is 8.11. The highest BCUT2D eigenvalue weighted by Crippen LogP contribution is 2.32. The van der Waals surface area contributed by atoms with Crippen LogP contribution < -0.4 is 10.1 Å². The number of aryl methyl sites for hydroxylation is 2. The van der Waals surface area contributed by atoms with Crippen LogP contribution in [0, 0.1) is 13.8 Å². The number of benzene rings is 3. The number of para-hydroxylation sites is 1. The summed E-state index contributed by atoms with van der Waals surface area (Å²) in [7, 11) is 1.64. The van der Waals surface area contributed by atoms with Gasteiger partial charge in [0.15, 0.2) is 0 Å². The Morgan fingerprint density at radius 2 is 1.56 bits per heavy atom.